The SMILES string of the molecule is C/C=C/CCN1CN(CC#CCC)CN(c2snc(CC)c2C)C1=O. The number of anilines is 1. The molecule has 1 saturated heterocycles. The second kappa shape index (κ2) is 9.59. The van der Waals surface area contributed by atoms with Crippen LogP contribution in [0.5, 0.6) is 0 Å². The van der Waals surface area contributed by atoms with E-state index in [-0.39, 0.29) is 6.03 Å². The molecule has 1 aromatic heterocycles. The Morgan fingerprint density at radius 1 is 1.28 bits per heavy atom. The van der Waals surface area contributed by atoms with E-state index < -0.39 is 0 Å². The number of allylic oxidation sites excluding steroid dienone is 1. The van der Waals surface area contributed by atoms with Gasteiger partial charge in [-0.05, 0) is 38.2 Å². The van der Waals surface area contributed by atoms with Crippen molar-refractivity contribution in [2.75, 3.05) is 31.3 Å². The Morgan fingerprint density at radius 3 is 2.72 bits per heavy atom. The van der Waals surface area contributed by atoms with Gasteiger partial charge in [0.05, 0.1) is 25.6 Å². The summed E-state index contributed by atoms with van der Waals surface area (Å²) in [5.41, 5.74) is 2.20. The lowest BCUT2D eigenvalue weighted by atomic mass is 10.2. The number of nitrogens with zero attached hydrogens (tertiary/aromatic N) is 4. The number of amides is 2. The molecule has 1 aromatic rings. The van der Waals surface area contributed by atoms with Crippen LogP contribution >= 0.6 is 11.5 Å². The molecule has 0 unspecified atom stereocenters. The molecule has 1 aliphatic rings. The van der Waals surface area contributed by atoms with Gasteiger partial charge < -0.3 is 4.90 Å². The Hall–Kier alpha value is -1.84. The number of aromatic nitrogens is 1. The van der Waals surface area contributed by atoms with Crippen LogP contribution in [0, 0.1) is 18.8 Å². The molecule has 1 aliphatic heterocycles. The van der Waals surface area contributed by atoms with Crippen molar-refractivity contribution in [3.63, 3.8) is 0 Å². The number of urea groups is 1. The molecule has 5 nitrogen and oxygen atoms in total. The van der Waals surface area contributed by atoms with Gasteiger partial charge in [0.1, 0.15) is 5.00 Å². The molecule has 2 amide bonds. The van der Waals surface area contributed by atoms with Crippen LogP contribution < -0.4 is 4.90 Å². The van der Waals surface area contributed by atoms with Gasteiger partial charge in [-0.15, -0.1) is 5.92 Å². The monoisotopic (exact) mass is 360 g/mol. The van der Waals surface area contributed by atoms with E-state index >= 15 is 0 Å². The summed E-state index contributed by atoms with van der Waals surface area (Å²) >= 11 is 1.42. The molecule has 25 heavy (non-hydrogen) atoms. The minimum Gasteiger partial charge on any atom is -0.311 e. The molecule has 0 saturated carbocycles. The molecule has 6 heteroatoms. The Kier molecular flexibility index (Phi) is 7.48. The lowest BCUT2D eigenvalue weighted by Crippen LogP contribution is -2.58. The molecule has 0 spiro atoms. The van der Waals surface area contributed by atoms with E-state index in [1.54, 1.807) is 0 Å². The summed E-state index contributed by atoms with van der Waals surface area (Å²) in [6, 6.07) is 0.0682. The fourth-order valence-corrected chi connectivity index (χ4v) is 3.78. The maximum atomic E-state index is 13.0. The topological polar surface area (TPSA) is 39.7 Å². The van der Waals surface area contributed by atoms with Gasteiger partial charge in [0, 0.05) is 18.5 Å². The van der Waals surface area contributed by atoms with Crippen LogP contribution in [0.15, 0.2) is 12.2 Å². The highest BCUT2D eigenvalue weighted by molar-refractivity contribution is 7.10. The number of hydrogen-bond donors (Lipinski definition) is 0. The largest absolute Gasteiger partial charge is 0.327 e. The zero-order chi connectivity index (χ0) is 18.2. The van der Waals surface area contributed by atoms with E-state index in [1.807, 2.05) is 22.8 Å². The first-order valence-electron chi connectivity index (χ1n) is 8.93. The van der Waals surface area contributed by atoms with Crippen LogP contribution in [0.3, 0.4) is 0 Å². The van der Waals surface area contributed by atoms with Crippen molar-refractivity contribution in [1.82, 2.24) is 14.2 Å². The van der Waals surface area contributed by atoms with E-state index in [4.69, 9.17) is 0 Å². The lowest BCUT2D eigenvalue weighted by molar-refractivity contribution is 0.126. The van der Waals surface area contributed by atoms with Gasteiger partial charge in [0.2, 0.25) is 0 Å². The summed E-state index contributed by atoms with van der Waals surface area (Å²) in [5, 5.41) is 0.964. The van der Waals surface area contributed by atoms with Gasteiger partial charge >= 0.3 is 6.03 Å². The Labute approximate surface area is 155 Å². The van der Waals surface area contributed by atoms with Crippen molar-refractivity contribution < 1.29 is 4.79 Å². The zero-order valence-electron chi connectivity index (χ0n) is 15.7. The second-order valence-corrected chi connectivity index (χ2v) is 6.82. The number of carbonyl (C=O) groups excluding carboxylic acids is 1. The predicted molar refractivity (Wildman–Crippen MR) is 105 cm³/mol. The van der Waals surface area contributed by atoms with E-state index in [9.17, 15) is 4.79 Å². The highest BCUT2D eigenvalue weighted by Gasteiger charge is 2.32. The van der Waals surface area contributed by atoms with E-state index in [0.29, 0.717) is 19.9 Å². The zero-order valence-corrected chi connectivity index (χ0v) is 16.5. The minimum absolute atomic E-state index is 0.0682. The average molecular weight is 361 g/mol. The lowest BCUT2D eigenvalue weighted by Gasteiger charge is -2.41. The van der Waals surface area contributed by atoms with Crippen molar-refractivity contribution in [3.05, 3.63) is 23.4 Å². The number of carbonyl (C=O) groups is 1. The van der Waals surface area contributed by atoms with Crippen LogP contribution in [-0.2, 0) is 6.42 Å². The van der Waals surface area contributed by atoms with Crippen molar-refractivity contribution >= 4 is 22.6 Å². The molecule has 2 heterocycles. The first-order chi connectivity index (χ1) is 12.1. The van der Waals surface area contributed by atoms with Gasteiger partial charge in [-0.25, -0.2) is 4.79 Å². The molecular weight excluding hydrogens is 332 g/mol. The van der Waals surface area contributed by atoms with Gasteiger partial charge in [-0.2, -0.15) is 4.37 Å². The maximum Gasteiger partial charge on any atom is 0.327 e. The molecular formula is C19H28N4OS. The summed E-state index contributed by atoms with van der Waals surface area (Å²) < 4.78 is 4.52. The van der Waals surface area contributed by atoms with Crippen LogP contribution in [0.1, 0.15) is 44.9 Å². The third-order valence-corrected chi connectivity index (χ3v) is 5.21. The standard InChI is InChI=1S/C19H28N4OS/c1-5-8-10-12-21-14-22(13-11-9-6-2)19(24)23(15-21)18-16(4)17(7-3)20-25-18/h6,9H,5,7,11-15H2,1-4H3/b9-6+. The third kappa shape index (κ3) is 4.83. The first kappa shape index (κ1) is 19.5. The highest BCUT2D eigenvalue weighted by atomic mass is 32.1. The van der Waals surface area contributed by atoms with Crippen LogP contribution in [0.4, 0.5) is 9.80 Å². The van der Waals surface area contributed by atoms with Gasteiger partial charge in [0.25, 0.3) is 0 Å². The number of aryl methyl sites for hydroxylation is 1. The fraction of sp³-hybridized carbons (Fsp3) is 0.579. The highest BCUT2D eigenvalue weighted by Crippen LogP contribution is 2.31. The molecule has 1 fully saturated rings. The van der Waals surface area contributed by atoms with Crippen LogP contribution in [0.25, 0.3) is 0 Å². The molecule has 0 aliphatic carbocycles. The maximum absolute atomic E-state index is 13.0. The second-order valence-electron chi connectivity index (χ2n) is 6.06. The fourth-order valence-electron chi connectivity index (χ4n) is 2.83. The minimum atomic E-state index is 0.0682. The quantitative estimate of drug-likeness (QED) is 0.571. The first-order valence-corrected chi connectivity index (χ1v) is 9.70. The van der Waals surface area contributed by atoms with Crippen molar-refractivity contribution in [2.45, 2.75) is 47.0 Å². The Balaban J connectivity index is 2.22. The normalized spacial score (nSPS) is 15.8. The van der Waals surface area contributed by atoms with E-state index in [1.165, 1.54) is 11.5 Å². The molecule has 0 aromatic carbocycles. The summed E-state index contributed by atoms with van der Waals surface area (Å²) in [6.45, 7) is 10.8. The summed E-state index contributed by atoms with van der Waals surface area (Å²) in [4.78, 5) is 19.0. The molecule has 2 rings (SSSR count). The Bertz CT molecular complexity index is 671. The summed E-state index contributed by atoms with van der Waals surface area (Å²) in [6.07, 6.45) is 6.74. The van der Waals surface area contributed by atoms with Crippen molar-refractivity contribution in [2.24, 2.45) is 0 Å². The molecule has 136 valence electrons. The summed E-state index contributed by atoms with van der Waals surface area (Å²) in [7, 11) is 0. The smallest absolute Gasteiger partial charge is 0.311 e. The van der Waals surface area contributed by atoms with Gasteiger partial charge in [0.15, 0.2) is 0 Å². The van der Waals surface area contributed by atoms with Gasteiger partial charge in [-0.3, -0.25) is 9.80 Å². The summed E-state index contributed by atoms with van der Waals surface area (Å²) in [5.74, 6) is 6.31. The van der Waals surface area contributed by atoms with E-state index in [0.717, 1.165) is 42.1 Å². The third-order valence-electron chi connectivity index (χ3n) is 4.20. The number of hydrogen-bond acceptors (Lipinski definition) is 4. The Morgan fingerprint density at radius 2 is 2.08 bits per heavy atom. The van der Waals surface area contributed by atoms with Crippen LogP contribution in [0.2, 0.25) is 0 Å². The molecule has 0 atom stereocenters. The molecule has 0 radical (unpaired) electrons. The van der Waals surface area contributed by atoms with Crippen molar-refractivity contribution in [1.29, 1.82) is 0 Å². The average Bonchev–Trinajstić information content (AvgIpc) is 2.98. The van der Waals surface area contributed by atoms with E-state index in [2.05, 4.69) is 48.0 Å². The van der Waals surface area contributed by atoms with Crippen LogP contribution in [-0.4, -0.2) is 46.6 Å². The van der Waals surface area contributed by atoms with Crippen molar-refractivity contribution in [3.8, 4) is 11.8 Å². The molecule has 0 N–H and O–H groups in total. The van der Waals surface area contributed by atoms with Gasteiger partial charge in [-0.1, -0.05) is 31.9 Å². The predicted octanol–water partition coefficient (Wildman–Crippen LogP) is 3.85. The molecule has 0 bridgehead atoms. The number of rotatable bonds is 6.